The van der Waals surface area contributed by atoms with Gasteiger partial charge in [0.2, 0.25) is 0 Å². The Labute approximate surface area is 151 Å². The Hall–Kier alpha value is -2.20. The van der Waals surface area contributed by atoms with Gasteiger partial charge in [-0.15, -0.1) is 0 Å². The van der Waals surface area contributed by atoms with Crippen molar-refractivity contribution in [1.29, 1.82) is 0 Å². The number of ether oxygens (including phenoxy) is 6. The lowest BCUT2D eigenvalue weighted by atomic mass is 9.98. The number of rotatable bonds is 7. The van der Waals surface area contributed by atoms with E-state index in [0.717, 1.165) is 13.8 Å². The fourth-order valence-electron chi connectivity index (χ4n) is 2.49. The summed E-state index contributed by atoms with van der Waals surface area (Å²) in [6, 6.07) is 0. The lowest BCUT2D eigenvalue weighted by molar-refractivity contribution is -0.307. The summed E-state index contributed by atoms with van der Waals surface area (Å²) in [4.78, 5) is 45.6. The molecule has 0 bridgehead atoms. The molecule has 0 aromatic carbocycles. The Bertz CT molecular complexity index is 531. The highest BCUT2D eigenvalue weighted by Crippen LogP contribution is 2.29. The zero-order valence-corrected chi connectivity index (χ0v) is 15.4. The second kappa shape index (κ2) is 10.1. The van der Waals surface area contributed by atoms with E-state index in [1.165, 1.54) is 13.8 Å². The minimum Gasteiger partial charge on any atom is -0.463 e. The molecule has 1 fully saturated rings. The summed E-state index contributed by atoms with van der Waals surface area (Å²) in [5, 5.41) is 0. The van der Waals surface area contributed by atoms with Gasteiger partial charge in [0.05, 0.1) is 0 Å². The first-order chi connectivity index (χ1) is 12.1. The third-order valence-electron chi connectivity index (χ3n) is 3.28. The maximum atomic E-state index is 11.5. The van der Waals surface area contributed by atoms with Crippen LogP contribution in [-0.2, 0) is 47.6 Å². The summed E-state index contributed by atoms with van der Waals surface area (Å²) in [5.41, 5.74) is 0. The Morgan fingerprint density at radius 3 is 1.73 bits per heavy atom. The molecule has 0 amide bonds. The van der Waals surface area contributed by atoms with Crippen LogP contribution in [0.3, 0.4) is 0 Å². The molecule has 2 unspecified atom stereocenters. The molecule has 0 aromatic rings. The van der Waals surface area contributed by atoms with E-state index < -0.39 is 54.6 Å². The standard InChI is InChI=1S/C16H24O10/c1-6-21-16-15(25-11(5)20)14(24-10(4)19)13(23-9(3)18)12(26-16)7-22-8(2)17/h12-16H,6-7H2,1-5H3/t12?,13-,14?,15-,16+/m1/s1. The average Bonchev–Trinajstić information content (AvgIpc) is 2.50. The van der Waals surface area contributed by atoms with Crippen molar-refractivity contribution in [1.82, 2.24) is 0 Å². The molecule has 5 atom stereocenters. The van der Waals surface area contributed by atoms with Crippen molar-refractivity contribution < 1.29 is 47.6 Å². The van der Waals surface area contributed by atoms with Gasteiger partial charge < -0.3 is 28.4 Å². The maximum Gasteiger partial charge on any atom is 0.303 e. The van der Waals surface area contributed by atoms with Gasteiger partial charge in [-0.1, -0.05) is 0 Å². The van der Waals surface area contributed by atoms with Crippen LogP contribution < -0.4 is 0 Å². The van der Waals surface area contributed by atoms with Gasteiger partial charge in [0.1, 0.15) is 12.7 Å². The molecule has 0 saturated carbocycles. The fourth-order valence-corrected chi connectivity index (χ4v) is 2.49. The molecule has 1 aliphatic rings. The van der Waals surface area contributed by atoms with E-state index >= 15 is 0 Å². The van der Waals surface area contributed by atoms with Crippen molar-refractivity contribution >= 4 is 23.9 Å². The monoisotopic (exact) mass is 376 g/mol. The van der Waals surface area contributed by atoms with E-state index in [9.17, 15) is 19.2 Å². The molecule has 1 heterocycles. The summed E-state index contributed by atoms with van der Waals surface area (Å²) in [6.07, 6.45) is -5.65. The first-order valence-corrected chi connectivity index (χ1v) is 8.07. The Kier molecular flexibility index (Phi) is 8.46. The first kappa shape index (κ1) is 21.8. The third kappa shape index (κ3) is 6.60. The molecule has 26 heavy (non-hydrogen) atoms. The number of hydrogen-bond donors (Lipinski definition) is 0. The highest BCUT2D eigenvalue weighted by molar-refractivity contribution is 5.68. The van der Waals surface area contributed by atoms with Gasteiger partial charge in [-0.3, -0.25) is 19.2 Å². The van der Waals surface area contributed by atoms with E-state index in [4.69, 9.17) is 28.4 Å². The molecule has 0 radical (unpaired) electrons. The molecule has 10 heteroatoms. The Balaban J connectivity index is 3.22. The molecule has 1 rings (SSSR count). The average molecular weight is 376 g/mol. The third-order valence-corrected chi connectivity index (χ3v) is 3.28. The topological polar surface area (TPSA) is 124 Å². The van der Waals surface area contributed by atoms with Gasteiger partial charge in [-0.05, 0) is 6.92 Å². The van der Waals surface area contributed by atoms with Crippen molar-refractivity contribution in [3.05, 3.63) is 0 Å². The molecular formula is C16H24O10. The molecule has 1 saturated heterocycles. The highest BCUT2D eigenvalue weighted by Gasteiger charge is 2.52. The normalized spacial score (nSPS) is 28.0. The Morgan fingerprint density at radius 2 is 1.27 bits per heavy atom. The molecule has 1 aliphatic heterocycles. The predicted octanol–water partition coefficient (Wildman–Crippen LogP) is 0.106. The van der Waals surface area contributed by atoms with Gasteiger partial charge in [0, 0.05) is 34.3 Å². The zero-order valence-electron chi connectivity index (χ0n) is 15.4. The van der Waals surface area contributed by atoms with Crippen LogP contribution in [0.25, 0.3) is 0 Å². The molecule has 10 nitrogen and oxygen atoms in total. The number of carbonyl (C=O) groups excluding carboxylic acids is 4. The number of carbonyl (C=O) groups is 4. The summed E-state index contributed by atoms with van der Waals surface area (Å²) >= 11 is 0. The van der Waals surface area contributed by atoms with Gasteiger partial charge in [0.25, 0.3) is 0 Å². The molecular weight excluding hydrogens is 352 g/mol. The van der Waals surface area contributed by atoms with Gasteiger partial charge >= 0.3 is 23.9 Å². The molecule has 0 aliphatic carbocycles. The van der Waals surface area contributed by atoms with Crippen LogP contribution in [0.1, 0.15) is 34.6 Å². The van der Waals surface area contributed by atoms with Crippen molar-refractivity contribution in [2.24, 2.45) is 0 Å². The van der Waals surface area contributed by atoms with E-state index in [1.807, 2.05) is 0 Å². The van der Waals surface area contributed by atoms with Crippen LogP contribution in [-0.4, -0.2) is 67.8 Å². The van der Waals surface area contributed by atoms with Crippen LogP contribution in [0, 0.1) is 0 Å². The van der Waals surface area contributed by atoms with E-state index in [2.05, 4.69) is 0 Å². The van der Waals surface area contributed by atoms with Crippen LogP contribution >= 0.6 is 0 Å². The zero-order chi connectivity index (χ0) is 19.9. The maximum absolute atomic E-state index is 11.5. The molecule has 0 spiro atoms. The van der Waals surface area contributed by atoms with Crippen molar-refractivity contribution in [3.63, 3.8) is 0 Å². The van der Waals surface area contributed by atoms with Crippen LogP contribution in [0.2, 0.25) is 0 Å². The highest BCUT2D eigenvalue weighted by atomic mass is 16.7. The second-order valence-corrected chi connectivity index (χ2v) is 5.52. The summed E-state index contributed by atoms with van der Waals surface area (Å²) in [5.74, 6) is -2.61. The van der Waals surface area contributed by atoms with Gasteiger partial charge in [-0.2, -0.15) is 0 Å². The summed E-state index contributed by atoms with van der Waals surface area (Å²) < 4.78 is 31.7. The van der Waals surface area contributed by atoms with Crippen LogP contribution in [0.4, 0.5) is 0 Å². The van der Waals surface area contributed by atoms with Crippen molar-refractivity contribution in [2.75, 3.05) is 13.2 Å². The van der Waals surface area contributed by atoms with E-state index in [-0.39, 0.29) is 13.2 Å². The summed E-state index contributed by atoms with van der Waals surface area (Å²) in [6.45, 7) is 6.29. The molecule has 0 N–H and O–H groups in total. The van der Waals surface area contributed by atoms with Gasteiger partial charge in [-0.25, -0.2) is 0 Å². The minimum absolute atomic E-state index is 0.202. The van der Waals surface area contributed by atoms with E-state index in [1.54, 1.807) is 6.92 Å². The van der Waals surface area contributed by atoms with E-state index in [0.29, 0.717) is 0 Å². The fraction of sp³-hybridized carbons (Fsp3) is 0.750. The van der Waals surface area contributed by atoms with Gasteiger partial charge in [0.15, 0.2) is 24.6 Å². The second-order valence-electron chi connectivity index (χ2n) is 5.52. The smallest absolute Gasteiger partial charge is 0.303 e. The molecule has 0 aromatic heterocycles. The van der Waals surface area contributed by atoms with Crippen molar-refractivity contribution in [3.8, 4) is 0 Å². The number of esters is 4. The molecule has 148 valence electrons. The lowest BCUT2D eigenvalue weighted by Gasteiger charge is -2.43. The Morgan fingerprint density at radius 1 is 0.769 bits per heavy atom. The summed E-state index contributed by atoms with van der Waals surface area (Å²) in [7, 11) is 0. The SMILES string of the molecule is CCO[C@H]1OC(COC(C)=O)[C@@H](OC(C)=O)C(OC(C)=O)[C@H]1OC(C)=O. The van der Waals surface area contributed by atoms with Crippen LogP contribution in [0.5, 0.6) is 0 Å². The lowest BCUT2D eigenvalue weighted by Crippen LogP contribution is -2.62. The minimum atomic E-state index is -1.20. The largest absolute Gasteiger partial charge is 0.463 e. The predicted molar refractivity (Wildman–Crippen MR) is 83.6 cm³/mol. The van der Waals surface area contributed by atoms with Crippen LogP contribution in [0.15, 0.2) is 0 Å². The van der Waals surface area contributed by atoms with Crippen molar-refractivity contribution in [2.45, 2.75) is 65.3 Å². The number of hydrogen-bond acceptors (Lipinski definition) is 10. The first-order valence-electron chi connectivity index (χ1n) is 8.07. The quantitative estimate of drug-likeness (QED) is 0.446.